The molecule has 0 aliphatic rings. The third-order valence-electron chi connectivity index (χ3n) is 2.28. The van der Waals surface area contributed by atoms with Crippen molar-refractivity contribution in [2.75, 3.05) is 0 Å². The molecule has 0 saturated carbocycles. The highest BCUT2D eigenvalue weighted by Gasteiger charge is 2.13. The monoisotopic (exact) mass is 221 g/mol. The number of nitrogens with one attached hydrogen (secondary N) is 1. The van der Waals surface area contributed by atoms with Gasteiger partial charge in [0.1, 0.15) is 0 Å². The zero-order valence-electron chi connectivity index (χ0n) is 9.14. The first-order valence-electron chi connectivity index (χ1n) is 5.17. The Morgan fingerprint density at radius 1 is 1.31 bits per heavy atom. The van der Waals surface area contributed by atoms with Crippen LogP contribution in [0.1, 0.15) is 18.9 Å². The average Bonchev–Trinajstić information content (AvgIpc) is 2.27. The van der Waals surface area contributed by atoms with Crippen molar-refractivity contribution in [3.05, 3.63) is 35.9 Å². The fourth-order valence-corrected chi connectivity index (χ4v) is 1.39. The summed E-state index contributed by atoms with van der Waals surface area (Å²) in [6.07, 6.45) is 1.55. The molecule has 0 bridgehead atoms. The topological polar surface area (TPSA) is 66.4 Å². The van der Waals surface area contributed by atoms with Crippen LogP contribution in [0.4, 0.5) is 0 Å². The molecule has 0 aromatic heterocycles. The minimum Gasteiger partial charge on any atom is -0.474 e. The minimum atomic E-state index is -1.44. The molecule has 0 aliphatic carbocycles. The number of carboxylic acids is 1. The molecule has 0 radical (unpaired) electrons. The van der Waals surface area contributed by atoms with Crippen LogP contribution in [0.2, 0.25) is 0 Å². The van der Waals surface area contributed by atoms with Crippen molar-refractivity contribution in [1.29, 1.82) is 0 Å². The third-order valence-corrected chi connectivity index (χ3v) is 2.28. The average molecular weight is 221 g/mol. The van der Waals surface area contributed by atoms with Gasteiger partial charge >= 0.3 is 11.9 Å². The van der Waals surface area contributed by atoms with Crippen molar-refractivity contribution in [1.82, 2.24) is 5.32 Å². The van der Waals surface area contributed by atoms with E-state index in [2.05, 4.69) is 5.32 Å². The number of rotatable bonds is 4. The molecule has 16 heavy (non-hydrogen) atoms. The minimum absolute atomic E-state index is 0.135. The van der Waals surface area contributed by atoms with Crippen LogP contribution in [0.15, 0.2) is 30.3 Å². The Kier molecular flexibility index (Phi) is 4.51. The van der Waals surface area contributed by atoms with E-state index in [0.717, 1.165) is 12.8 Å². The van der Waals surface area contributed by atoms with E-state index in [1.54, 1.807) is 6.92 Å². The second kappa shape index (κ2) is 5.90. The number of carboxylic acid groups (broad SMARTS) is 1. The van der Waals surface area contributed by atoms with E-state index < -0.39 is 11.9 Å². The predicted octanol–water partition coefficient (Wildman–Crippen LogP) is 1.21. The SMILES string of the molecule is C[C@@H](CCc1ccccc1)NC(=O)C(=O)O. The zero-order chi connectivity index (χ0) is 12.0. The maximum Gasteiger partial charge on any atom is 0.394 e. The molecule has 1 atom stereocenters. The van der Waals surface area contributed by atoms with E-state index in [9.17, 15) is 9.59 Å². The van der Waals surface area contributed by atoms with E-state index in [1.807, 2.05) is 30.3 Å². The fraction of sp³-hybridized carbons (Fsp3) is 0.333. The van der Waals surface area contributed by atoms with Gasteiger partial charge in [-0.25, -0.2) is 4.79 Å². The Labute approximate surface area is 94.3 Å². The normalized spacial score (nSPS) is 11.8. The van der Waals surface area contributed by atoms with E-state index >= 15 is 0 Å². The van der Waals surface area contributed by atoms with Crippen LogP contribution in [0.3, 0.4) is 0 Å². The Balaban J connectivity index is 2.33. The van der Waals surface area contributed by atoms with Gasteiger partial charge in [-0.15, -0.1) is 0 Å². The van der Waals surface area contributed by atoms with E-state index in [1.165, 1.54) is 5.56 Å². The van der Waals surface area contributed by atoms with E-state index in [-0.39, 0.29) is 6.04 Å². The van der Waals surface area contributed by atoms with Crippen LogP contribution < -0.4 is 5.32 Å². The van der Waals surface area contributed by atoms with Gasteiger partial charge in [0.15, 0.2) is 0 Å². The first-order chi connectivity index (χ1) is 7.59. The van der Waals surface area contributed by atoms with Gasteiger partial charge in [-0.2, -0.15) is 0 Å². The molecule has 1 rings (SSSR count). The molecule has 2 N–H and O–H groups in total. The molecule has 0 saturated heterocycles. The molecule has 86 valence electrons. The maximum atomic E-state index is 10.9. The molecule has 0 fully saturated rings. The standard InChI is InChI=1S/C12H15NO3/c1-9(13-11(14)12(15)16)7-8-10-5-3-2-4-6-10/h2-6,9H,7-8H2,1H3,(H,13,14)(H,15,16)/t9-/m0/s1. The highest BCUT2D eigenvalue weighted by molar-refractivity contribution is 6.31. The molecule has 0 heterocycles. The van der Waals surface area contributed by atoms with Crippen molar-refractivity contribution in [2.24, 2.45) is 0 Å². The van der Waals surface area contributed by atoms with Crippen LogP contribution in [0.25, 0.3) is 0 Å². The Bertz CT molecular complexity index is 362. The summed E-state index contributed by atoms with van der Waals surface area (Å²) in [5.74, 6) is -2.38. The highest BCUT2D eigenvalue weighted by Crippen LogP contribution is 2.04. The lowest BCUT2D eigenvalue weighted by atomic mass is 10.1. The van der Waals surface area contributed by atoms with Crippen molar-refractivity contribution in [2.45, 2.75) is 25.8 Å². The number of amides is 1. The van der Waals surface area contributed by atoms with Gasteiger partial charge in [-0.3, -0.25) is 4.79 Å². The maximum absolute atomic E-state index is 10.9. The molecule has 4 heteroatoms. The Morgan fingerprint density at radius 2 is 1.94 bits per heavy atom. The van der Waals surface area contributed by atoms with Crippen LogP contribution in [0, 0.1) is 0 Å². The number of aryl methyl sites for hydroxylation is 1. The largest absolute Gasteiger partial charge is 0.474 e. The van der Waals surface area contributed by atoms with Crippen LogP contribution >= 0.6 is 0 Å². The number of aliphatic carboxylic acids is 1. The number of hydrogen-bond acceptors (Lipinski definition) is 2. The predicted molar refractivity (Wildman–Crippen MR) is 60.0 cm³/mol. The molecule has 4 nitrogen and oxygen atoms in total. The summed E-state index contributed by atoms with van der Waals surface area (Å²) < 4.78 is 0. The summed E-state index contributed by atoms with van der Waals surface area (Å²) in [7, 11) is 0. The number of hydrogen-bond donors (Lipinski definition) is 2. The first kappa shape index (κ1) is 12.2. The Morgan fingerprint density at radius 3 is 2.50 bits per heavy atom. The van der Waals surface area contributed by atoms with Crippen molar-refractivity contribution in [3.8, 4) is 0 Å². The summed E-state index contributed by atoms with van der Waals surface area (Å²) in [5, 5.41) is 10.8. The second-order valence-electron chi connectivity index (χ2n) is 3.70. The number of carbonyl (C=O) groups is 2. The van der Waals surface area contributed by atoms with Gasteiger partial charge in [0.05, 0.1) is 0 Å². The van der Waals surface area contributed by atoms with Crippen LogP contribution in [-0.2, 0) is 16.0 Å². The molecule has 0 aliphatic heterocycles. The summed E-state index contributed by atoms with van der Waals surface area (Å²) in [6.45, 7) is 1.80. The van der Waals surface area contributed by atoms with Gasteiger partial charge in [0, 0.05) is 6.04 Å². The number of benzene rings is 1. The van der Waals surface area contributed by atoms with Crippen molar-refractivity contribution >= 4 is 11.9 Å². The molecule has 1 aromatic rings. The quantitative estimate of drug-likeness (QED) is 0.751. The van der Waals surface area contributed by atoms with E-state index in [0.29, 0.717) is 0 Å². The van der Waals surface area contributed by atoms with Crippen LogP contribution in [0.5, 0.6) is 0 Å². The second-order valence-corrected chi connectivity index (χ2v) is 3.70. The summed E-state index contributed by atoms with van der Waals surface area (Å²) in [4.78, 5) is 21.2. The van der Waals surface area contributed by atoms with Crippen molar-refractivity contribution in [3.63, 3.8) is 0 Å². The van der Waals surface area contributed by atoms with Gasteiger partial charge in [-0.1, -0.05) is 30.3 Å². The highest BCUT2D eigenvalue weighted by atomic mass is 16.4. The zero-order valence-corrected chi connectivity index (χ0v) is 9.14. The summed E-state index contributed by atoms with van der Waals surface area (Å²) in [6, 6.07) is 9.73. The van der Waals surface area contributed by atoms with Gasteiger partial charge in [-0.05, 0) is 25.3 Å². The number of carbonyl (C=O) groups excluding carboxylic acids is 1. The Hall–Kier alpha value is -1.84. The lowest BCUT2D eigenvalue weighted by Crippen LogP contribution is -2.37. The molecule has 0 spiro atoms. The summed E-state index contributed by atoms with van der Waals surface area (Å²) in [5.41, 5.74) is 1.18. The molecule has 1 aromatic carbocycles. The molecule has 0 unspecified atom stereocenters. The fourth-order valence-electron chi connectivity index (χ4n) is 1.39. The smallest absolute Gasteiger partial charge is 0.394 e. The summed E-state index contributed by atoms with van der Waals surface area (Å²) >= 11 is 0. The lowest BCUT2D eigenvalue weighted by Gasteiger charge is -2.11. The first-order valence-corrected chi connectivity index (χ1v) is 5.17. The van der Waals surface area contributed by atoms with Gasteiger partial charge in [0.2, 0.25) is 0 Å². The molecular weight excluding hydrogens is 206 g/mol. The van der Waals surface area contributed by atoms with Crippen molar-refractivity contribution < 1.29 is 14.7 Å². The molecule has 1 amide bonds. The molecular formula is C12H15NO3. The third kappa shape index (κ3) is 4.13. The van der Waals surface area contributed by atoms with Crippen LogP contribution in [-0.4, -0.2) is 23.0 Å². The van der Waals surface area contributed by atoms with Gasteiger partial charge < -0.3 is 10.4 Å². The van der Waals surface area contributed by atoms with E-state index in [4.69, 9.17) is 5.11 Å². The van der Waals surface area contributed by atoms with Gasteiger partial charge in [0.25, 0.3) is 0 Å². The lowest BCUT2D eigenvalue weighted by molar-refractivity contribution is -0.150.